The van der Waals surface area contributed by atoms with Gasteiger partial charge >= 0.3 is 0 Å². The van der Waals surface area contributed by atoms with Gasteiger partial charge in [0.05, 0.1) is 35.5 Å². The number of benzene rings is 1. The van der Waals surface area contributed by atoms with Gasteiger partial charge in [0.15, 0.2) is 23.3 Å². The lowest BCUT2D eigenvalue weighted by Crippen LogP contribution is -2.27. The fraction of sp³-hybridized carbons (Fsp3) is 0.684. The molecular weight excluding hydrogens is 336 g/mol. The Hall–Kier alpha value is -1.14. The van der Waals surface area contributed by atoms with E-state index in [0.717, 1.165) is 0 Å². The summed E-state index contributed by atoms with van der Waals surface area (Å²) in [5.74, 6) is -5.72. The van der Waals surface area contributed by atoms with Crippen LogP contribution in [0.25, 0.3) is 0 Å². The van der Waals surface area contributed by atoms with E-state index >= 15 is 0 Å². The molecule has 1 rings (SSSR count). The standard InChI is InChI=1S/C19H28F4O2/c1-7-18(4,5)24-10-12-14(20)16(22)13(17(23)15(12)21)11-25-19(6,8-2)9-3/h7-11H2,1-6H3. The highest BCUT2D eigenvalue weighted by Crippen LogP contribution is 2.29. The molecule has 0 atom stereocenters. The first-order valence-electron chi connectivity index (χ1n) is 8.63. The fourth-order valence-corrected chi connectivity index (χ4v) is 2.05. The van der Waals surface area contributed by atoms with Gasteiger partial charge < -0.3 is 9.47 Å². The molecule has 0 aliphatic heterocycles. The predicted octanol–water partition coefficient (Wildman–Crippen LogP) is 6.04. The zero-order valence-electron chi connectivity index (χ0n) is 15.9. The smallest absolute Gasteiger partial charge is 0.167 e. The van der Waals surface area contributed by atoms with Crippen LogP contribution in [0, 0.1) is 23.3 Å². The quantitative estimate of drug-likeness (QED) is 0.393. The normalized spacial score (nSPS) is 12.7. The van der Waals surface area contributed by atoms with Crippen molar-refractivity contribution in [2.45, 2.75) is 85.2 Å². The number of ether oxygens (including phenoxy) is 2. The third kappa shape index (κ3) is 5.17. The van der Waals surface area contributed by atoms with Gasteiger partial charge in [-0.1, -0.05) is 20.8 Å². The number of rotatable bonds is 9. The Labute approximate surface area is 147 Å². The topological polar surface area (TPSA) is 18.5 Å². The van der Waals surface area contributed by atoms with Crippen molar-refractivity contribution in [3.63, 3.8) is 0 Å². The third-order valence-corrected chi connectivity index (χ3v) is 4.96. The van der Waals surface area contributed by atoms with E-state index in [1.807, 2.05) is 20.8 Å². The maximum absolute atomic E-state index is 14.3. The molecule has 0 saturated heterocycles. The van der Waals surface area contributed by atoms with Gasteiger partial charge in [-0.05, 0) is 40.0 Å². The summed E-state index contributed by atoms with van der Waals surface area (Å²) in [5.41, 5.74) is -2.74. The van der Waals surface area contributed by atoms with E-state index in [-0.39, 0.29) is 0 Å². The average molecular weight is 364 g/mol. The summed E-state index contributed by atoms with van der Waals surface area (Å²) in [6.07, 6.45) is 1.80. The van der Waals surface area contributed by atoms with Crippen molar-refractivity contribution < 1.29 is 27.0 Å². The molecule has 0 unspecified atom stereocenters. The molecule has 0 radical (unpaired) electrons. The van der Waals surface area contributed by atoms with Gasteiger partial charge in [-0.3, -0.25) is 0 Å². The summed E-state index contributed by atoms with van der Waals surface area (Å²) in [7, 11) is 0. The van der Waals surface area contributed by atoms with Gasteiger partial charge in [0.25, 0.3) is 0 Å². The number of hydrogen-bond donors (Lipinski definition) is 0. The van der Waals surface area contributed by atoms with Crippen molar-refractivity contribution in [3.8, 4) is 0 Å². The van der Waals surface area contributed by atoms with E-state index in [0.29, 0.717) is 19.3 Å². The molecule has 0 aliphatic rings. The molecule has 0 heterocycles. The highest BCUT2D eigenvalue weighted by molar-refractivity contribution is 5.29. The van der Waals surface area contributed by atoms with Crippen LogP contribution in [0.15, 0.2) is 0 Å². The fourth-order valence-electron chi connectivity index (χ4n) is 2.05. The Kier molecular flexibility index (Phi) is 7.44. The Bertz CT molecular complexity index is 567. The Morgan fingerprint density at radius 1 is 0.640 bits per heavy atom. The molecule has 1 aromatic rings. The van der Waals surface area contributed by atoms with Crippen LogP contribution in [0.3, 0.4) is 0 Å². The molecule has 0 amide bonds. The van der Waals surface area contributed by atoms with Crippen LogP contribution in [0.5, 0.6) is 0 Å². The van der Waals surface area contributed by atoms with Gasteiger partial charge in [-0.15, -0.1) is 0 Å². The molecule has 2 nitrogen and oxygen atoms in total. The van der Waals surface area contributed by atoms with Gasteiger partial charge in [0, 0.05) is 0 Å². The van der Waals surface area contributed by atoms with E-state index in [1.54, 1.807) is 20.8 Å². The minimum Gasteiger partial charge on any atom is -0.371 e. The lowest BCUT2D eigenvalue weighted by atomic mass is 10.00. The van der Waals surface area contributed by atoms with Crippen molar-refractivity contribution in [3.05, 3.63) is 34.4 Å². The Balaban J connectivity index is 3.12. The maximum Gasteiger partial charge on any atom is 0.167 e. The zero-order valence-corrected chi connectivity index (χ0v) is 15.9. The highest BCUT2D eigenvalue weighted by atomic mass is 19.2. The van der Waals surface area contributed by atoms with Gasteiger partial charge in [0.2, 0.25) is 0 Å². The van der Waals surface area contributed by atoms with Crippen LogP contribution in [-0.2, 0) is 22.7 Å². The van der Waals surface area contributed by atoms with Crippen molar-refractivity contribution in [1.82, 2.24) is 0 Å². The minimum absolute atomic E-state index is 0.536. The highest BCUT2D eigenvalue weighted by Gasteiger charge is 2.29. The van der Waals surface area contributed by atoms with Gasteiger partial charge in [-0.25, -0.2) is 17.6 Å². The summed E-state index contributed by atoms with van der Waals surface area (Å²) in [5, 5.41) is 0. The van der Waals surface area contributed by atoms with Crippen LogP contribution in [0.1, 0.15) is 71.9 Å². The SMILES string of the molecule is CCC(C)(C)OCc1c(F)c(F)c(COC(C)(CC)CC)c(F)c1F. The molecule has 144 valence electrons. The van der Waals surface area contributed by atoms with Crippen LogP contribution >= 0.6 is 0 Å². The largest absolute Gasteiger partial charge is 0.371 e. The van der Waals surface area contributed by atoms with Crippen molar-refractivity contribution in [2.75, 3.05) is 0 Å². The molecule has 0 aromatic heterocycles. The number of hydrogen-bond acceptors (Lipinski definition) is 2. The van der Waals surface area contributed by atoms with Crippen LogP contribution in [0.2, 0.25) is 0 Å². The second-order valence-corrected chi connectivity index (χ2v) is 7.06. The van der Waals surface area contributed by atoms with Crippen LogP contribution in [0.4, 0.5) is 17.6 Å². The minimum atomic E-state index is -1.43. The second kappa shape index (κ2) is 8.49. The molecule has 0 aliphatic carbocycles. The Morgan fingerprint density at radius 2 is 1.00 bits per heavy atom. The molecule has 1 aromatic carbocycles. The van der Waals surface area contributed by atoms with Crippen molar-refractivity contribution in [1.29, 1.82) is 0 Å². The van der Waals surface area contributed by atoms with Crippen molar-refractivity contribution in [2.24, 2.45) is 0 Å². The molecule has 6 heteroatoms. The summed E-state index contributed by atoms with van der Waals surface area (Å²) >= 11 is 0. The molecule has 0 saturated carbocycles. The molecule has 0 spiro atoms. The average Bonchev–Trinajstić information content (AvgIpc) is 2.59. The monoisotopic (exact) mass is 364 g/mol. The molecule has 0 N–H and O–H groups in total. The van der Waals surface area contributed by atoms with E-state index in [9.17, 15) is 17.6 Å². The van der Waals surface area contributed by atoms with Crippen LogP contribution < -0.4 is 0 Å². The lowest BCUT2D eigenvalue weighted by molar-refractivity contribution is -0.0510. The first kappa shape index (κ1) is 21.9. The molecular formula is C19H28F4O2. The zero-order chi connectivity index (χ0) is 19.4. The summed E-state index contributed by atoms with van der Waals surface area (Å²) in [6, 6.07) is 0. The summed E-state index contributed by atoms with van der Waals surface area (Å²) < 4.78 is 67.9. The summed E-state index contributed by atoms with van der Waals surface area (Å²) in [4.78, 5) is 0. The lowest BCUT2D eigenvalue weighted by Gasteiger charge is -2.28. The van der Waals surface area contributed by atoms with E-state index < -0.39 is 58.8 Å². The Morgan fingerprint density at radius 3 is 1.32 bits per heavy atom. The maximum atomic E-state index is 14.3. The molecule has 0 fully saturated rings. The van der Waals surface area contributed by atoms with Gasteiger partial charge in [0.1, 0.15) is 0 Å². The third-order valence-electron chi connectivity index (χ3n) is 4.96. The van der Waals surface area contributed by atoms with E-state index in [2.05, 4.69) is 0 Å². The molecule has 0 bridgehead atoms. The predicted molar refractivity (Wildman–Crippen MR) is 89.2 cm³/mol. The second-order valence-electron chi connectivity index (χ2n) is 7.06. The first-order valence-corrected chi connectivity index (χ1v) is 8.63. The van der Waals surface area contributed by atoms with E-state index in [1.165, 1.54) is 0 Å². The van der Waals surface area contributed by atoms with E-state index in [4.69, 9.17) is 9.47 Å². The number of halogens is 4. The van der Waals surface area contributed by atoms with Crippen LogP contribution in [-0.4, -0.2) is 11.2 Å². The van der Waals surface area contributed by atoms with Crippen molar-refractivity contribution >= 4 is 0 Å². The summed E-state index contributed by atoms with van der Waals surface area (Å²) in [6.45, 7) is 9.74. The van der Waals surface area contributed by atoms with Gasteiger partial charge in [-0.2, -0.15) is 0 Å². The molecule has 25 heavy (non-hydrogen) atoms. The first-order chi connectivity index (χ1) is 11.5.